The molecule has 0 aliphatic rings. The first-order valence-corrected chi connectivity index (χ1v) is 20.4. The van der Waals surface area contributed by atoms with Crippen molar-refractivity contribution in [2.75, 3.05) is 33.7 Å². The number of unbranched alkanes of at least 4 members (excludes halogenated alkanes) is 16. The van der Waals surface area contributed by atoms with Gasteiger partial charge in [-0.05, 0) is 84.3 Å². The zero-order valence-electron chi connectivity index (χ0n) is 32.5. The van der Waals surface area contributed by atoms with E-state index >= 15 is 0 Å². The molecule has 5 nitrogen and oxygen atoms in total. The van der Waals surface area contributed by atoms with Crippen molar-refractivity contribution in [2.45, 2.75) is 194 Å². The van der Waals surface area contributed by atoms with Crippen molar-refractivity contribution in [1.82, 2.24) is 15.1 Å². The molecule has 0 aliphatic carbocycles. The molecule has 1 N–H and O–H groups in total. The van der Waals surface area contributed by atoms with Gasteiger partial charge in [-0.15, -0.1) is 0 Å². The van der Waals surface area contributed by atoms with Gasteiger partial charge in [-0.25, -0.2) is 0 Å². The van der Waals surface area contributed by atoms with Crippen molar-refractivity contribution in [3.63, 3.8) is 0 Å². The van der Waals surface area contributed by atoms with Gasteiger partial charge >= 0.3 is 0 Å². The summed E-state index contributed by atoms with van der Waals surface area (Å²) in [6.07, 6.45) is 37.9. The van der Waals surface area contributed by atoms with Crippen molar-refractivity contribution in [3.05, 3.63) is 24.3 Å². The van der Waals surface area contributed by atoms with Crippen LogP contribution in [0.5, 0.6) is 0 Å². The first-order valence-electron chi connectivity index (χ1n) is 20.4. The van der Waals surface area contributed by atoms with Crippen LogP contribution in [0, 0.1) is 5.92 Å². The minimum absolute atomic E-state index is 0.0779. The molecule has 2 unspecified atom stereocenters. The summed E-state index contributed by atoms with van der Waals surface area (Å²) in [6.45, 7) is 11.2. The minimum Gasteiger partial charge on any atom is -0.354 e. The van der Waals surface area contributed by atoms with E-state index < -0.39 is 0 Å². The second kappa shape index (κ2) is 34.3. The maximum atomic E-state index is 13.8. The number of nitrogens with one attached hydrogen (secondary N) is 1. The van der Waals surface area contributed by atoms with Crippen LogP contribution in [-0.2, 0) is 9.59 Å². The molecular weight excluding hydrogens is 578 g/mol. The van der Waals surface area contributed by atoms with Crippen LogP contribution in [0.4, 0.5) is 0 Å². The second-order valence-corrected chi connectivity index (χ2v) is 14.2. The first-order chi connectivity index (χ1) is 22.9. The molecule has 0 radical (unpaired) electrons. The fraction of sp³-hybridized carbons (Fsp3) is 0.857. The van der Waals surface area contributed by atoms with Crippen LogP contribution >= 0.6 is 0 Å². The van der Waals surface area contributed by atoms with Gasteiger partial charge in [0, 0.05) is 19.5 Å². The molecule has 0 aromatic rings. The van der Waals surface area contributed by atoms with Gasteiger partial charge in [0.2, 0.25) is 11.8 Å². The number of hydrogen-bond acceptors (Lipinski definition) is 3. The van der Waals surface area contributed by atoms with Gasteiger partial charge in [0.25, 0.3) is 0 Å². The summed E-state index contributed by atoms with van der Waals surface area (Å²) in [4.78, 5) is 31.9. The third kappa shape index (κ3) is 27.0. The van der Waals surface area contributed by atoms with Gasteiger partial charge in [0.05, 0.1) is 0 Å². The summed E-state index contributed by atoms with van der Waals surface area (Å²) in [7, 11) is 4.16. The van der Waals surface area contributed by atoms with Gasteiger partial charge in [-0.2, -0.15) is 0 Å². The average molecular weight is 660 g/mol. The van der Waals surface area contributed by atoms with Crippen molar-refractivity contribution in [1.29, 1.82) is 0 Å². The molecule has 0 heterocycles. The lowest BCUT2D eigenvalue weighted by Crippen LogP contribution is -2.54. The highest BCUT2D eigenvalue weighted by Gasteiger charge is 2.34. The molecule has 0 bridgehead atoms. The van der Waals surface area contributed by atoms with E-state index in [1.807, 2.05) is 4.90 Å². The summed E-state index contributed by atoms with van der Waals surface area (Å²) in [5, 5.41) is 3.29. The summed E-state index contributed by atoms with van der Waals surface area (Å²) < 4.78 is 0. The summed E-state index contributed by atoms with van der Waals surface area (Å²) in [5.74, 6) is 0.465. The Morgan fingerprint density at radius 3 is 1.72 bits per heavy atom. The van der Waals surface area contributed by atoms with E-state index in [0.717, 1.165) is 77.3 Å². The lowest BCUT2D eigenvalue weighted by molar-refractivity contribution is -0.143. The van der Waals surface area contributed by atoms with Crippen LogP contribution in [0.15, 0.2) is 24.3 Å². The molecule has 2 amide bonds. The highest BCUT2D eigenvalue weighted by atomic mass is 16.2. The van der Waals surface area contributed by atoms with Crippen LogP contribution in [0.25, 0.3) is 0 Å². The average Bonchev–Trinajstić information content (AvgIpc) is 3.06. The molecule has 0 rings (SSSR count). The number of carbonyl (C=O) groups is 2. The van der Waals surface area contributed by atoms with Crippen molar-refractivity contribution >= 4 is 11.8 Å². The van der Waals surface area contributed by atoms with E-state index in [1.54, 1.807) is 0 Å². The SMILES string of the molecule is CCCCC/C=C\C/C=C\CCCCCCCC(=O)N(CCCN(C)C)C(C(=O)NCCCCCCCCCC)C(CC)CCCC. The predicted octanol–water partition coefficient (Wildman–Crippen LogP) is 11.4. The number of amides is 2. The number of nitrogens with zero attached hydrogens (tertiary/aromatic N) is 2. The zero-order chi connectivity index (χ0) is 34.8. The van der Waals surface area contributed by atoms with Gasteiger partial charge in [0.15, 0.2) is 0 Å². The van der Waals surface area contributed by atoms with E-state index in [-0.39, 0.29) is 23.8 Å². The van der Waals surface area contributed by atoms with Gasteiger partial charge in [-0.1, -0.05) is 148 Å². The third-order valence-electron chi connectivity index (χ3n) is 9.50. The Bertz CT molecular complexity index is 763. The van der Waals surface area contributed by atoms with E-state index in [2.05, 4.69) is 76.3 Å². The lowest BCUT2D eigenvalue weighted by atomic mass is 9.89. The fourth-order valence-corrected chi connectivity index (χ4v) is 6.44. The molecule has 0 fully saturated rings. The predicted molar refractivity (Wildman–Crippen MR) is 207 cm³/mol. The van der Waals surface area contributed by atoms with Crippen molar-refractivity contribution in [2.24, 2.45) is 5.92 Å². The number of carbonyl (C=O) groups excluding carboxylic acids is 2. The second-order valence-electron chi connectivity index (χ2n) is 14.2. The number of allylic oxidation sites excluding steroid dienone is 4. The van der Waals surface area contributed by atoms with Crippen LogP contribution in [0.3, 0.4) is 0 Å². The highest BCUT2D eigenvalue weighted by Crippen LogP contribution is 2.24. The summed E-state index contributed by atoms with van der Waals surface area (Å²) in [5.41, 5.74) is 0. The largest absolute Gasteiger partial charge is 0.354 e. The van der Waals surface area contributed by atoms with E-state index in [1.165, 1.54) is 89.9 Å². The monoisotopic (exact) mass is 660 g/mol. The molecule has 0 aromatic carbocycles. The Morgan fingerprint density at radius 1 is 0.596 bits per heavy atom. The molecule has 276 valence electrons. The minimum atomic E-state index is -0.353. The smallest absolute Gasteiger partial charge is 0.243 e. The Morgan fingerprint density at radius 2 is 1.13 bits per heavy atom. The molecule has 0 aromatic heterocycles. The Labute approximate surface area is 294 Å². The Balaban J connectivity index is 4.95. The Hall–Kier alpha value is -1.62. The fourth-order valence-electron chi connectivity index (χ4n) is 6.44. The topological polar surface area (TPSA) is 52.7 Å². The van der Waals surface area contributed by atoms with E-state index in [0.29, 0.717) is 13.0 Å². The van der Waals surface area contributed by atoms with Crippen LogP contribution < -0.4 is 5.32 Å². The molecular formula is C42H81N3O2. The molecule has 0 aliphatic heterocycles. The number of rotatable bonds is 34. The quantitative estimate of drug-likeness (QED) is 0.0552. The molecule has 2 atom stereocenters. The molecule has 47 heavy (non-hydrogen) atoms. The molecule has 0 saturated heterocycles. The molecule has 5 heteroatoms. The zero-order valence-corrected chi connectivity index (χ0v) is 32.5. The van der Waals surface area contributed by atoms with Gasteiger partial charge in [-0.3, -0.25) is 9.59 Å². The summed E-state index contributed by atoms with van der Waals surface area (Å²) >= 11 is 0. The third-order valence-corrected chi connectivity index (χ3v) is 9.50. The maximum Gasteiger partial charge on any atom is 0.243 e. The maximum absolute atomic E-state index is 13.8. The normalized spacial score (nSPS) is 13.2. The van der Waals surface area contributed by atoms with Crippen LogP contribution in [-0.4, -0.2) is 61.4 Å². The lowest BCUT2D eigenvalue weighted by Gasteiger charge is -2.36. The first kappa shape index (κ1) is 45.4. The van der Waals surface area contributed by atoms with Crippen molar-refractivity contribution < 1.29 is 9.59 Å². The highest BCUT2D eigenvalue weighted by molar-refractivity contribution is 5.88. The standard InChI is InChI=1S/C42H81N3O2/c1-7-11-14-16-18-20-21-22-23-24-25-26-27-29-31-35-40(46)45(38-33-37-44(5)6)41(39(10-4)34-13-9-3)42(47)43-36-32-30-28-19-17-15-12-8-2/h18,20,22-23,39,41H,7-17,19,21,24-38H2,1-6H3,(H,43,47)/b20-18-,23-22-. The van der Waals surface area contributed by atoms with E-state index in [4.69, 9.17) is 0 Å². The Kier molecular flexibility index (Phi) is 33.1. The summed E-state index contributed by atoms with van der Waals surface area (Å²) in [6, 6.07) is -0.353. The van der Waals surface area contributed by atoms with Crippen LogP contribution in [0.1, 0.15) is 188 Å². The van der Waals surface area contributed by atoms with Gasteiger partial charge < -0.3 is 15.1 Å². The molecule has 0 spiro atoms. The van der Waals surface area contributed by atoms with Gasteiger partial charge in [0.1, 0.15) is 6.04 Å². The molecule has 0 saturated carbocycles. The van der Waals surface area contributed by atoms with E-state index in [9.17, 15) is 9.59 Å². The van der Waals surface area contributed by atoms with Crippen LogP contribution in [0.2, 0.25) is 0 Å². The van der Waals surface area contributed by atoms with Crippen molar-refractivity contribution in [3.8, 4) is 0 Å². The number of hydrogen-bond donors (Lipinski definition) is 1.